The maximum absolute atomic E-state index is 14.6. The Bertz CT molecular complexity index is 3340. The number of carbonyl (C=O) groups is 9. The second-order valence-electron chi connectivity index (χ2n) is 23.6. The molecular formula is C65H88N12O15S3. The van der Waals surface area contributed by atoms with Crippen molar-refractivity contribution in [2.24, 2.45) is 16.9 Å². The number of hydrogen-bond donors (Lipinski definition) is 16. The van der Waals surface area contributed by atoms with Crippen LogP contribution >= 0.6 is 33.8 Å². The van der Waals surface area contributed by atoms with Gasteiger partial charge in [-0.2, -0.15) is 0 Å². The molecule has 0 aliphatic carbocycles. The molecule has 5 aromatic rings. The zero-order valence-electron chi connectivity index (χ0n) is 53.6. The third-order valence-electron chi connectivity index (χ3n) is 14.3. The Morgan fingerprint density at radius 3 is 1.82 bits per heavy atom. The van der Waals surface area contributed by atoms with Gasteiger partial charge in [-0.1, -0.05) is 115 Å². The number of amides is 8. The fourth-order valence-corrected chi connectivity index (χ4v) is 12.0. The Morgan fingerprint density at radius 2 is 1.19 bits per heavy atom. The molecule has 1 aromatic heterocycles. The van der Waals surface area contributed by atoms with Crippen LogP contribution in [0.1, 0.15) is 82.6 Å². The number of hydrogen-bond acceptors (Lipinski definition) is 18. The smallest absolute Gasteiger partial charge is 0.328 e. The monoisotopic (exact) mass is 1370 g/mol. The van der Waals surface area contributed by atoms with Gasteiger partial charge in [0.2, 0.25) is 35.4 Å². The maximum atomic E-state index is 14.6. The lowest BCUT2D eigenvalue weighted by Gasteiger charge is -2.28. The fourth-order valence-electron chi connectivity index (χ4n) is 9.47. The predicted molar refractivity (Wildman–Crippen MR) is 366 cm³/mol. The standard InChI is InChI=1S/C65H88N12O15S3/c1-38(78)53(74-56(84)48(17-11-12-28-66)71-51(81)27-22-43-36-69-47-16-10-9-15-46(43)47)58(86)77-62(60(88)75-54(39(2)79)63(89)90)95-94-61(59(87)73-49(55(67)83)33-41-20-25-45(80)26-21-41)76-57(85)50(34-40-13-7-6-8-14-40)72-52(82)37-92-32-31-91-30-29-68-64(93)70-44-23-18-42(19-24-44)35-65(3,4)5/h6-10,13-16,18-21,23-26,36,38-39,48-50,53-54,61-62,69,78-80H,11-12,17,22,27-35,37,66H2,1-5H3,(H2,67,83)(H,71,81)(H,72,82)(H,73,87)(H,74,84)(H,75,88)(H,76,85)(H,77,86)(H,89,90)(H2,68,70,93)/t38?,39?,48-,49-,50+,53-,54-,61-,62-/m0/s1. The van der Waals surface area contributed by atoms with Crippen molar-refractivity contribution in [3.63, 3.8) is 0 Å². The van der Waals surface area contributed by atoms with E-state index in [1.54, 1.807) is 36.5 Å². The third-order valence-corrected chi connectivity index (χ3v) is 17.2. The lowest BCUT2D eigenvalue weighted by atomic mass is 9.88. The van der Waals surface area contributed by atoms with Gasteiger partial charge in [0.1, 0.15) is 36.5 Å². The Morgan fingerprint density at radius 1 is 0.621 bits per heavy atom. The van der Waals surface area contributed by atoms with Crippen LogP contribution in [0.4, 0.5) is 5.69 Å². The number of aliphatic carboxylic acids is 1. The van der Waals surface area contributed by atoms with E-state index >= 15 is 0 Å². The van der Waals surface area contributed by atoms with Gasteiger partial charge in [0.25, 0.3) is 11.8 Å². The highest BCUT2D eigenvalue weighted by atomic mass is 33.1. The fraction of sp³-hybridized carbons (Fsp3) is 0.446. The van der Waals surface area contributed by atoms with Crippen LogP contribution in [-0.4, -0.2) is 176 Å². The number of rotatable bonds is 40. The molecule has 0 aliphatic heterocycles. The number of anilines is 1. The third kappa shape index (κ3) is 27.9. The maximum Gasteiger partial charge on any atom is 0.328 e. The number of H-pyrrole nitrogens is 1. The summed E-state index contributed by atoms with van der Waals surface area (Å²) >= 11 is 5.43. The number of phenols is 1. The van der Waals surface area contributed by atoms with Crippen LogP contribution < -0.4 is 59.3 Å². The summed E-state index contributed by atoms with van der Waals surface area (Å²) in [5.41, 5.74) is 16.4. The van der Waals surface area contributed by atoms with Crippen molar-refractivity contribution in [1.29, 1.82) is 0 Å². The van der Waals surface area contributed by atoms with Crippen molar-refractivity contribution in [1.82, 2.24) is 47.5 Å². The summed E-state index contributed by atoms with van der Waals surface area (Å²) in [5.74, 6) is -9.61. The van der Waals surface area contributed by atoms with Gasteiger partial charge in [-0.3, -0.25) is 38.4 Å². The molecule has 5 rings (SSSR count). The minimum atomic E-state index is -1.99. The Hall–Kier alpha value is -8.36. The first-order valence-corrected chi connectivity index (χ1v) is 33.6. The Balaban J connectivity index is 1.33. The van der Waals surface area contributed by atoms with Crippen molar-refractivity contribution in [2.75, 3.05) is 44.8 Å². The highest BCUT2D eigenvalue weighted by Crippen LogP contribution is 2.31. The number of ether oxygens (including phenoxy) is 2. The minimum Gasteiger partial charge on any atom is -0.508 e. The number of carboxylic acid groups (broad SMARTS) is 1. The number of nitrogens with one attached hydrogen (secondary N) is 10. The number of primary amides is 1. The molecule has 1 heterocycles. The predicted octanol–water partition coefficient (Wildman–Crippen LogP) is 2.05. The van der Waals surface area contributed by atoms with Gasteiger partial charge >= 0.3 is 5.97 Å². The number of fused-ring (bicyclic) bond motifs is 1. The zero-order valence-corrected chi connectivity index (χ0v) is 56.1. The first kappa shape index (κ1) is 77.3. The summed E-state index contributed by atoms with van der Waals surface area (Å²) < 4.78 is 11.2. The van der Waals surface area contributed by atoms with Crippen molar-refractivity contribution in [2.45, 2.75) is 139 Å². The molecule has 18 N–H and O–H groups in total. The number of aliphatic hydroxyl groups excluding tert-OH is 2. The quantitative estimate of drug-likeness (QED) is 0.0115. The SMILES string of the molecule is CC(O)[C@H](NC(=O)[C@@H](NC(=O)[C@@H](NC(=O)[C@H](CCCCN)NC(=O)CCc1c[nH]c2ccccc12)C(C)O)SS[C@H](NC(=O)[C@@H](Cc1ccccc1)NC(=O)COCCOCCNC(=S)Nc1ccc(CC(C)(C)C)cc1)C(=O)N[C@@H](Cc1ccc(O)cc1)C(N)=O)C(=O)O. The van der Waals surface area contributed by atoms with Gasteiger partial charge in [-0.15, -0.1) is 0 Å². The van der Waals surface area contributed by atoms with Crippen LogP contribution in [0, 0.1) is 5.41 Å². The number of para-hydroxylation sites is 1. The molecule has 516 valence electrons. The number of carbonyl (C=O) groups excluding carboxylic acids is 8. The van der Waals surface area contributed by atoms with Crippen molar-refractivity contribution in [3.8, 4) is 5.75 Å². The second kappa shape index (κ2) is 39.5. The summed E-state index contributed by atoms with van der Waals surface area (Å²) in [6, 6.07) is 21.6. The highest BCUT2D eigenvalue weighted by molar-refractivity contribution is 8.77. The zero-order chi connectivity index (χ0) is 69.6. The van der Waals surface area contributed by atoms with E-state index in [9.17, 15) is 63.6 Å². The van der Waals surface area contributed by atoms with Gasteiger partial charge in [0, 0.05) is 48.6 Å². The molecule has 0 aliphatic rings. The van der Waals surface area contributed by atoms with E-state index in [1.165, 1.54) is 29.8 Å². The number of aliphatic hydroxyl groups is 2. The average molecular weight is 1370 g/mol. The molecule has 95 heavy (non-hydrogen) atoms. The summed E-state index contributed by atoms with van der Waals surface area (Å²) in [6.07, 6.45) is 0.0804. The molecule has 0 saturated carbocycles. The molecule has 2 unspecified atom stereocenters. The molecule has 0 radical (unpaired) electrons. The minimum absolute atomic E-state index is 0.0302. The number of aromatic amines is 1. The molecule has 30 heteroatoms. The number of unbranched alkanes of at least 4 members (excludes halogenated alkanes) is 1. The lowest BCUT2D eigenvalue weighted by Crippen LogP contribution is -2.60. The topological polar surface area (TPSA) is 429 Å². The molecular weight excluding hydrogens is 1280 g/mol. The summed E-state index contributed by atoms with van der Waals surface area (Å²) in [5, 5.41) is 62.3. The molecule has 8 amide bonds. The Labute approximate surface area is 564 Å². The van der Waals surface area contributed by atoms with E-state index in [2.05, 4.69) is 73.6 Å². The number of nitrogens with two attached hydrogens (primary N) is 2. The van der Waals surface area contributed by atoms with Crippen LogP contribution in [-0.2, 0) is 78.3 Å². The molecule has 4 aromatic carbocycles. The normalized spacial score (nSPS) is 14.2. The molecule has 0 saturated heterocycles. The van der Waals surface area contributed by atoms with Crippen molar-refractivity contribution in [3.05, 3.63) is 132 Å². The number of aryl methyl sites for hydroxylation is 1. The number of aromatic hydroxyl groups is 1. The summed E-state index contributed by atoms with van der Waals surface area (Å²) in [6.45, 7) is 9.10. The van der Waals surface area contributed by atoms with Crippen molar-refractivity contribution < 1.29 is 73.1 Å². The van der Waals surface area contributed by atoms with E-state index in [1.807, 2.05) is 48.5 Å². The molecule has 0 spiro atoms. The van der Waals surface area contributed by atoms with Gasteiger partial charge in [-0.25, -0.2) is 4.79 Å². The number of aromatic nitrogens is 1. The number of thiocarbonyl (C=S) groups is 1. The van der Waals surface area contributed by atoms with Gasteiger partial charge in [-0.05, 0) is 123 Å². The molecule has 0 bridgehead atoms. The highest BCUT2D eigenvalue weighted by Gasteiger charge is 2.37. The van der Waals surface area contributed by atoms with Crippen LogP contribution in [0.15, 0.2) is 109 Å². The van der Waals surface area contributed by atoms with Crippen LogP contribution in [0.25, 0.3) is 10.9 Å². The molecule has 9 atom stereocenters. The van der Waals surface area contributed by atoms with E-state index in [-0.39, 0.29) is 63.2 Å². The number of benzene rings is 4. The first-order chi connectivity index (χ1) is 45.2. The Kier molecular flexibility index (Phi) is 32.2. The van der Waals surface area contributed by atoms with E-state index in [4.69, 9.17) is 33.2 Å². The number of carboxylic acids is 1. The average Bonchev–Trinajstić information content (AvgIpc) is 1.93. The van der Waals surface area contributed by atoms with Gasteiger partial charge in [0.15, 0.2) is 21.9 Å². The second-order valence-corrected chi connectivity index (χ2v) is 26.5. The first-order valence-electron chi connectivity index (χ1n) is 30.9. The number of phenolic OH excluding ortho intramolecular Hbond substituents is 1. The van der Waals surface area contributed by atoms with Crippen LogP contribution in [0.3, 0.4) is 0 Å². The van der Waals surface area contributed by atoms with E-state index in [0.29, 0.717) is 63.6 Å². The molecule has 0 fully saturated rings. The van der Waals surface area contributed by atoms with Crippen LogP contribution in [0.2, 0.25) is 0 Å². The van der Waals surface area contributed by atoms with Crippen LogP contribution in [0.5, 0.6) is 5.75 Å². The summed E-state index contributed by atoms with van der Waals surface area (Å²) in [7, 11) is 0.758. The van der Waals surface area contributed by atoms with Crippen molar-refractivity contribution >= 4 is 109 Å². The van der Waals surface area contributed by atoms with E-state index < -0.39 is 113 Å². The molecule has 27 nitrogen and oxygen atoms in total. The van der Waals surface area contributed by atoms with Gasteiger partial charge in [0.05, 0.1) is 32.0 Å². The lowest BCUT2D eigenvalue weighted by molar-refractivity contribution is -0.145. The van der Waals surface area contributed by atoms with E-state index in [0.717, 1.165) is 42.4 Å². The van der Waals surface area contributed by atoms with Gasteiger partial charge < -0.3 is 94.2 Å². The summed E-state index contributed by atoms with van der Waals surface area (Å²) in [4.78, 5) is 127. The largest absolute Gasteiger partial charge is 0.508 e.